The van der Waals surface area contributed by atoms with E-state index in [4.69, 9.17) is 5.26 Å². The van der Waals surface area contributed by atoms with Crippen LogP contribution in [0, 0.1) is 11.3 Å². The van der Waals surface area contributed by atoms with Crippen LogP contribution in [0.15, 0.2) is 18.2 Å². The van der Waals surface area contributed by atoms with Crippen LogP contribution in [-0.2, 0) is 9.59 Å². The van der Waals surface area contributed by atoms with Gasteiger partial charge < -0.3 is 9.80 Å². The zero-order valence-electron chi connectivity index (χ0n) is 11.0. The Labute approximate surface area is 112 Å². The monoisotopic (exact) mass is 257 g/mol. The first-order valence-electron chi connectivity index (χ1n) is 6.08. The number of likely N-dealkylation sites (N-methyl/N-ethyl adjacent to an activating group) is 1. The molecule has 0 N–H and O–H groups in total. The van der Waals surface area contributed by atoms with Crippen LogP contribution in [0.1, 0.15) is 18.9 Å². The minimum Gasteiger partial charge on any atom is -0.360 e. The van der Waals surface area contributed by atoms with Crippen molar-refractivity contribution in [3.05, 3.63) is 23.8 Å². The van der Waals surface area contributed by atoms with Gasteiger partial charge in [-0.05, 0) is 25.1 Å². The van der Waals surface area contributed by atoms with Crippen LogP contribution in [0.4, 0.5) is 11.4 Å². The molecule has 1 heterocycles. The molecule has 0 atom stereocenters. The molecule has 0 bridgehead atoms. The van der Waals surface area contributed by atoms with Crippen LogP contribution < -0.4 is 9.80 Å². The maximum absolute atomic E-state index is 11.9. The molecule has 0 aromatic heterocycles. The first kappa shape index (κ1) is 13.1. The van der Waals surface area contributed by atoms with Crippen molar-refractivity contribution in [3.63, 3.8) is 0 Å². The van der Waals surface area contributed by atoms with Gasteiger partial charge in [0.05, 0.1) is 29.6 Å². The fraction of sp³-hybridized carbons (Fsp3) is 0.357. The number of hydrogen-bond acceptors (Lipinski definition) is 4. The lowest BCUT2D eigenvalue weighted by Crippen LogP contribution is -2.44. The van der Waals surface area contributed by atoms with Gasteiger partial charge in [-0.1, -0.05) is 0 Å². The molecule has 0 spiro atoms. The Balaban J connectivity index is 2.36. The number of amides is 1. The van der Waals surface area contributed by atoms with Crippen molar-refractivity contribution >= 4 is 23.1 Å². The highest BCUT2D eigenvalue weighted by Gasteiger charge is 2.26. The number of rotatable bonds is 3. The molecule has 0 saturated carbocycles. The Morgan fingerprint density at radius 3 is 2.79 bits per heavy atom. The number of ketones is 1. The summed E-state index contributed by atoms with van der Waals surface area (Å²) in [4.78, 5) is 26.5. The van der Waals surface area contributed by atoms with Gasteiger partial charge in [-0.2, -0.15) is 5.26 Å². The summed E-state index contributed by atoms with van der Waals surface area (Å²) < 4.78 is 0. The molecule has 0 saturated heterocycles. The number of carbonyl (C=O) groups excluding carboxylic acids is 2. The summed E-state index contributed by atoms with van der Waals surface area (Å²) in [5.41, 5.74) is 2.13. The molecule has 1 aromatic rings. The van der Waals surface area contributed by atoms with Crippen LogP contribution in [0.2, 0.25) is 0 Å². The molecule has 5 nitrogen and oxygen atoms in total. The van der Waals surface area contributed by atoms with Gasteiger partial charge in [-0.25, -0.2) is 0 Å². The molecular formula is C14H15N3O2. The van der Waals surface area contributed by atoms with E-state index in [9.17, 15) is 9.59 Å². The van der Waals surface area contributed by atoms with Gasteiger partial charge in [-0.15, -0.1) is 0 Å². The molecule has 98 valence electrons. The number of hydrogen-bond donors (Lipinski definition) is 0. The normalized spacial score (nSPS) is 14.1. The second-order valence-corrected chi connectivity index (χ2v) is 4.64. The van der Waals surface area contributed by atoms with Crippen molar-refractivity contribution in [2.75, 3.05) is 29.9 Å². The highest BCUT2D eigenvalue weighted by atomic mass is 16.2. The van der Waals surface area contributed by atoms with Crippen LogP contribution in [-0.4, -0.2) is 31.8 Å². The van der Waals surface area contributed by atoms with Crippen molar-refractivity contribution in [1.82, 2.24) is 0 Å². The predicted molar refractivity (Wildman–Crippen MR) is 72.1 cm³/mol. The number of anilines is 2. The van der Waals surface area contributed by atoms with Crippen molar-refractivity contribution in [1.29, 1.82) is 5.26 Å². The maximum atomic E-state index is 11.9. The molecule has 1 aromatic carbocycles. The van der Waals surface area contributed by atoms with E-state index in [1.807, 2.05) is 11.0 Å². The highest BCUT2D eigenvalue weighted by Crippen LogP contribution is 2.33. The van der Waals surface area contributed by atoms with E-state index in [1.54, 1.807) is 24.1 Å². The van der Waals surface area contributed by atoms with Gasteiger partial charge in [0.2, 0.25) is 5.91 Å². The van der Waals surface area contributed by atoms with Gasteiger partial charge >= 0.3 is 0 Å². The maximum Gasteiger partial charge on any atom is 0.246 e. The third-order valence-corrected chi connectivity index (χ3v) is 3.24. The summed E-state index contributed by atoms with van der Waals surface area (Å²) in [5, 5.41) is 8.92. The van der Waals surface area contributed by atoms with Gasteiger partial charge in [-0.3, -0.25) is 9.59 Å². The number of Topliss-reactive ketones (excluding diaryl/α,β-unsaturated/α-hetero) is 1. The minimum absolute atomic E-state index is 0.0360. The van der Waals surface area contributed by atoms with Crippen molar-refractivity contribution < 1.29 is 9.59 Å². The molecule has 1 amide bonds. The van der Waals surface area contributed by atoms with E-state index < -0.39 is 0 Å². The molecule has 0 fully saturated rings. The summed E-state index contributed by atoms with van der Waals surface area (Å²) >= 11 is 0. The molecule has 1 aliphatic heterocycles. The molecule has 0 unspecified atom stereocenters. The average Bonchev–Trinajstić information content (AvgIpc) is 2.40. The standard InChI is InChI=1S/C14H15N3O2/c1-10(18)5-6-17-9-14(19)16(2)13-7-11(8-15)3-4-12(13)17/h3-4,7H,5-6,9H2,1-2H3. The summed E-state index contributed by atoms with van der Waals surface area (Å²) in [7, 11) is 1.70. The molecule has 19 heavy (non-hydrogen) atoms. The summed E-state index contributed by atoms with van der Waals surface area (Å²) in [6, 6.07) is 7.32. The lowest BCUT2D eigenvalue weighted by atomic mass is 10.1. The zero-order chi connectivity index (χ0) is 14.0. The molecule has 5 heteroatoms. The van der Waals surface area contributed by atoms with Crippen molar-refractivity contribution in [3.8, 4) is 6.07 Å². The number of nitriles is 1. The minimum atomic E-state index is -0.0360. The third kappa shape index (κ3) is 2.58. The van der Waals surface area contributed by atoms with Gasteiger partial charge in [0.15, 0.2) is 0 Å². The predicted octanol–water partition coefficient (Wildman–Crippen LogP) is 1.32. The Morgan fingerprint density at radius 1 is 1.42 bits per heavy atom. The topological polar surface area (TPSA) is 64.4 Å². The Kier molecular flexibility index (Phi) is 3.52. The smallest absolute Gasteiger partial charge is 0.246 e. The van der Waals surface area contributed by atoms with E-state index in [0.717, 1.165) is 11.4 Å². The lowest BCUT2D eigenvalue weighted by molar-refractivity contribution is -0.118. The van der Waals surface area contributed by atoms with Crippen molar-refractivity contribution in [2.24, 2.45) is 0 Å². The third-order valence-electron chi connectivity index (χ3n) is 3.24. The summed E-state index contributed by atoms with van der Waals surface area (Å²) in [6.45, 7) is 2.33. The Bertz CT molecular complexity index is 575. The fourth-order valence-electron chi connectivity index (χ4n) is 2.11. The molecule has 0 aliphatic carbocycles. The molecule has 0 radical (unpaired) electrons. The second kappa shape index (κ2) is 5.11. The van der Waals surface area contributed by atoms with E-state index in [1.165, 1.54) is 6.92 Å². The van der Waals surface area contributed by atoms with Crippen LogP contribution in [0.25, 0.3) is 0 Å². The van der Waals surface area contributed by atoms with Crippen LogP contribution >= 0.6 is 0 Å². The SMILES string of the molecule is CC(=O)CCN1CC(=O)N(C)c2cc(C#N)ccc21. The second-order valence-electron chi connectivity index (χ2n) is 4.64. The zero-order valence-corrected chi connectivity index (χ0v) is 11.0. The molecule has 1 aliphatic rings. The van der Waals surface area contributed by atoms with E-state index in [-0.39, 0.29) is 18.2 Å². The number of nitrogens with zero attached hydrogens (tertiary/aromatic N) is 3. The number of carbonyl (C=O) groups is 2. The first-order valence-corrected chi connectivity index (χ1v) is 6.08. The van der Waals surface area contributed by atoms with Gasteiger partial charge in [0, 0.05) is 20.0 Å². The molecule has 2 rings (SSSR count). The van der Waals surface area contributed by atoms with E-state index in [2.05, 4.69) is 6.07 Å². The summed E-state index contributed by atoms with van der Waals surface area (Å²) in [6.07, 6.45) is 0.413. The van der Waals surface area contributed by atoms with E-state index in [0.29, 0.717) is 18.5 Å². The lowest BCUT2D eigenvalue weighted by Gasteiger charge is -2.35. The number of benzene rings is 1. The Hall–Kier alpha value is -2.35. The van der Waals surface area contributed by atoms with Gasteiger partial charge in [0.1, 0.15) is 5.78 Å². The van der Waals surface area contributed by atoms with E-state index >= 15 is 0 Å². The Morgan fingerprint density at radius 2 is 2.16 bits per heavy atom. The van der Waals surface area contributed by atoms with Crippen LogP contribution in [0.3, 0.4) is 0 Å². The van der Waals surface area contributed by atoms with Crippen LogP contribution in [0.5, 0.6) is 0 Å². The van der Waals surface area contributed by atoms with Gasteiger partial charge in [0.25, 0.3) is 0 Å². The highest BCUT2D eigenvalue weighted by molar-refractivity contribution is 6.03. The largest absolute Gasteiger partial charge is 0.360 e. The first-order chi connectivity index (χ1) is 9.02. The quantitative estimate of drug-likeness (QED) is 0.819. The molecular weight excluding hydrogens is 242 g/mol. The van der Waals surface area contributed by atoms with Crippen molar-refractivity contribution in [2.45, 2.75) is 13.3 Å². The number of fused-ring (bicyclic) bond motifs is 1. The fourth-order valence-corrected chi connectivity index (χ4v) is 2.11. The summed E-state index contributed by atoms with van der Waals surface area (Å²) in [5.74, 6) is 0.0627. The average molecular weight is 257 g/mol.